The SMILES string of the molecule is CO[C@H]1CN(C2CCN(C(C)C)CC2)CC[C@@H]1Cc1ccccc1F. The van der Waals surface area contributed by atoms with Crippen molar-refractivity contribution in [3.63, 3.8) is 0 Å². The molecule has 2 fully saturated rings. The van der Waals surface area contributed by atoms with Crippen molar-refractivity contribution in [2.45, 2.75) is 57.7 Å². The van der Waals surface area contributed by atoms with E-state index in [0.717, 1.165) is 31.5 Å². The van der Waals surface area contributed by atoms with Gasteiger partial charge in [-0.05, 0) is 76.7 Å². The first-order valence-corrected chi connectivity index (χ1v) is 9.82. The van der Waals surface area contributed by atoms with Crippen LogP contribution in [-0.2, 0) is 11.2 Å². The van der Waals surface area contributed by atoms with Crippen molar-refractivity contribution >= 4 is 0 Å². The molecule has 0 amide bonds. The second-order valence-corrected chi connectivity index (χ2v) is 7.97. The Morgan fingerprint density at radius 2 is 1.84 bits per heavy atom. The predicted octanol–water partition coefficient (Wildman–Crippen LogP) is 3.58. The minimum Gasteiger partial charge on any atom is -0.380 e. The van der Waals surface area contributed by atoms with Gasteiger partial charge in [-0.2, -0.15) is 0 Å². The van der Waals surface area contributed by atoms with Crippen LogP contribution in [0.4, 0.5) is 4.39 Å². The maximum atomic E-state index is 14.0. The Labute approximate surface area is 152 Å². The largest absolute Gasteiger partial charge is 0.380 e. The van der Waals surface area contributed by atoms with Crippen LogP contribution in [0.1, 0.15) is 38.7 Å². The summed E-state index contributed by atoms with van der Waals surface area (Å²) in [6.07, 6.45) is 4.60. The predicted molar refractivity (Wildman–Crippen MR) is 100 cm³/mol. The normalized spacial score (nSPS) is 27.1. The number of rotatable bonds is 5. The van der Waals surface area contributed by atoms with Gasteiger partial charge in [-0.25, -0.2) is 4.39 Å². The van der Waals surface area contributed by atoms with Crippen molar-refractivity contribution in [2.24, 2.45) is 5.92 Å². The van der Waals surface area contributed by atoms with Crippen LogP contribution in [0.5, 0.6) is 0 Å². The molecule has 0 aliphatic carbocycles. The van der Waals surface area contributed by atoms with Crippen LogP contribution in [0.25, 0.3) is 0 Å². The fourth-order valence-corrected chi connectivity index (χ4v) is 4.53. The Bertz CT molecular complexity index is 542. The van der Waals surface area contributed by atoms with E-state index in [4.69, 9.17) is 4.74 Å². The average Bonchev–Trinajstić information content (AvgIpc) is 2.64. The topological polar surface area (TPSA) is 15.7 Å². The third-order valence-electron chi connectivity index (χ3n) is 6.22. The molecule has 1 aromatic carbocycles. The van der Waals surface area contributed by atoms with Crippen molar-refractivity contribution in [1.82, 2.24) is 9.80 Å². The third kappa shape index (κ3) is 4.60. The molecule has 2 heterocycles. The van der Waals surface area contributed by atoms with Crippen molar-refractivity contribution in [3.8, 4) is 0 Å². The average molecular weight is 349 g/mol. The van der Waals surface area contributed by atoms with Gasteiger partial charge in [-0.15, -0.1) is 0 Å². The molecular formula is C21H33FN2O. The number of benzene rings is 1. The van der Waals surface area contributed by atoms with Gasteiger partial charge in [0.1, 0.15) is 5.82 Å². The van der Waals surface area contributed by atoms with E-state index in [0.29, 0.717) is 18.0 Å². The van der Waals surface area contributed by atoms with E-state index in [1.54, 1.807) is 12.1 Å². The molecule has 25 heavy (non-hydrogen) atoms. The number of ether oxygens (including phenoxy) is 1. The molecule has 2 saturated heterocycles. The van der Waals surface area contributed by atoms with Crippen molar-refractivity contribution in [2.75, 3.05) is 33.3 Å². The maximum absolute atomic E-state index is 14.0. The highest BCUT2D eigenvalue weighted by molar-refractivity contribution is 5.18. The number of nitrogens with zero attached hydrogens (tertiary/aromatic N) is 2. The van der Waals surface area contributed by atoms with Gasteiger partial charge in [0.05, 0.1) is 6.10 Å². The molecule has 0 N–H and O–H groups in total. The van der Waals surface area contributed by atoms with Gasteiger partial charge in [0.15, 0.2) is 0 Å². The van der Waals surface area contributed by atoms with Crippen LogP contribution in [-0.4, -0.2) is 61.3 Å². The van der Waals surface area contributed by atoms with Crippen molar-refractivity contribution in [1.29, 1.82) is 0 Å². The minimum absolute atomic E-state index is 0.0826. The number of halogens is 1. The fraction of sp³-hybridized carbons (Fsp3) is 0.714. The summed E-state index contributed by atoms with van der Waals surface area (Å²) >= 11 is 0. The van der Waals surface area contributed by atoms with E-state index in [9.17, 15) is 4.39 Å². The van der Waals surface area contributed by atoms with Crippen LogP contribution >= 0.6 is 0 Å². The highest BCUT2D eigenvalue weighted by Gasteiger charge is 2.34. The van der Waals surface area contributed by atoms with E-state index >= 15 is 0 Å². The first kappa shape index (κ1) is 18.8. The van der Waals surface area contributed by atoms with Crippen LogP contribution < -0.4 is 0 Å². The highest BCUT2D eigenvalue weighted by Crippen LogP contribution is 2.29. The zero-order valence-electron chi connectivity index (χ0n) is 16.0. The molecule has 140 valence electrons. The van der Waals surface area contributed by atoms with Gasteiger partial charge in [0.2, 0.25) is 0 Å². The molecule has 2 aliphatic heterocycles. The first-order chi connectivity index (χ1) is 12.1. The van der Waals surface area contributed by atoms with E-state index in [-0.39, 0.29) is 11.9 Å². The molecular weight excluding hydrogens is 315 g/mol. The standard InChI is InChI=1S/C21H33FN2O/c1-16(2)23-12-9-19(10-13-23)24-11-8-18(21(15-24)25-3)14-17-6-4-5-7-20(17)22/h4-7,16,18-19,21H,8-15H2,1-3H3/t18-,21+/m1/s1. The number of hydrogen-bond donors (Lipinski definition) is 0. The lowest BCUT2D eigenvalue weighted by molar-refractivity contribution is -0.0350. The van der Waals surface area contributed by atoms with Crippen LogP contribution in [0.2, 0.25) is 0 Å². The van der Waals surface area contributed by atoms with E-state index in [1.165, 1.54) is 25.9 Å². The molecule has 0 spiro atoms. The summed E-state index contributed by atoms with van der Waals surface area (Å²) in [6, 6.07) is 8.50. The van der Waals surface area contributed by atoms with E-state index < -0.39 is 0 Å². The van der Waals surface area contributed by atoms with Gasteiger partial charge in [-0.1, -0.05) is 18.2 Å². The molecule has 0 aromatic heterocycles. The Hall–Kier alpha value is -0.970. The number of likely N-dealkylation sites (tertiary alicyclic amines) is 2. The van der Waals surface area contributed by atoms with E-state index in [2.05, 4.69) is 23.6 Å². The Morgan fingerprint density at radius 1 is 1.12 bits per heavy atom. The maximum Gasteiger partial charge on any atom is 0.126 e. The quantitative estimate of drug-likeness (QED) is 0.809. The number of piperidine rings is 2. The summed E-state index contributed by atoms with van der Waals surface area (Å²) < 4.78 is 19.8. The summed E-state index contributed by atoms with van der Waals surface area (Å²) in [4.78, 5) is 5.21. The molecule has 1 aromatic rings. The molecule has 0 saturated carbocycles. The van der Waals surface area contributed by atoms with Gasteiger partial charge < -0.3 is 9.64 Å². The highest BCUT2D eigenvalue weighted by atomic mass is 19.1. The summed E-state index contributed by atoms with van der Waals surface area (Å²) in [7, 11) is 1.81. The molecule has 0 unspecified atom stereocenters. The molecule has 2 aliphatic rings. The van der Waals surface area contributed by atoms with Crippen molar-refractivity contribution < 1.29 is 9.13 Å². The smallest absolute Gasteiger partial charge is 0.126 e. The third-order valence-corrected chi connectivity index (χ3v) is 6.22. The number of hydrogen-bond acceptors (Lipinski definition) is 3. The first-order valence-electron chi connectivity index (χ1n) is 9.82. The number of methoxy groups -OCH3 is 1. The van der Waals surface area contributed by atoms with Crippen LogP contribution in [0.15, 0.2) is 24.3 Å². The monoisotopic (exact) mass is 348 g/mol. The van der Waals surface area contributed by atoms with Crippen molar-refractivity contribution in [3.05, 3.63) is 35.6 Å². The van der Waals surface area contributed by atoms with Crippen LogP contribution in [0.3, 0.4) is 0 Å². The van der Waals surface area contributed by atoms with Gasteiger partial charge >= 0.3 is 0 Å². The lowest BCUT2D eigenvalue weighted by atomic mass is 9.86. The fourth-order valence-electron chi connectivity index (χ4n) is 4.53. The van der Waals surface area contributed by atoms with E-state index in [1.807, 2.05) is 19.2 Å². The Kier molecular flexibility index (Phi) is 6.48. The van der Waals surface area contributed by atoms with Gasteiger partial charge in [-0.3, -0.25) is 4.90 Å². The summed E-state index contributed by atoms with van der Waals surface area (Å²) in [5.74, 6) is 0.328. The molecule has 0 radical (unpaired) electrons. The summed E-state index contributed by atoms with van der Waals surface area (Å²) in [6.45, 7) is 9.09. The summed E-state index contributed by atoms with van der Waals surface area (Å²) in [5, 5.41) is 0. The molecule has 2 atom stereocenters. The lowest BCUT2D eigenvalue weighted by Gasteiger charge is -2.45. The second-order valence-electron chi connectivity index (χ2n) is 7.97. The lowest BCUT2D eigenvalue weighted by Crippen LogP contribution is -2.53. The summed E-state index contributed by atoms with van der Waals surface area (Å²) in [5.41, 5.74) is 0.827. The molecule has 4 heteroatoms. The zero-order chi connectivity index (χ0) is 17.8. The van der Waals surface area contributed by atoms with Crippen LogP contribution in [0, 0.1) is 11.7 Å². The molecule has 3 nitrogen and oxygen atoms in total. The van der Waals surface area contributed by atoms with Gasteiger partial charge in [0, 0.05) is 25.7 Å². The van der Waals surface area contributed by atoms with Gasteiger partial charge in [0.25, 0.3) is 0 Å². The minimum atomic E-state index is -0.0826. The molecule has 0 bridgehead atoms. The Balaban J connectivity index is 1.56. The molecule has 3 rings (SSSR count). The Morgan fingerprint density at radius 3 is 2.48 bits per heavy atom. The zero-order valence-corrected chi connectivity index (χ0v) is 16.0. The second kappa shape index (κ2) is 8.61.